The fourth-order valence-electron chi connectivity index (χ4n) is 1.78. The van der Waals surface area contributed by atoms with Crippen LogP contribution >= 0.6 is 0 Å². The Balaban J connectivity index is 2.39. The predicted molar refractivity (Wildman–Crippen MR) is 60.3 cm³/mol. The number of hydrogen-bond donors (Lipinski definition) is 0. The molecule has 1 heterocycles. The lowest BCUT2D eigenvalue weighted by Gasteiger charge is -2.35. The second-order valence-corrected chi connectivity index (χ2v) is 3.75. The molecule has 0 aliphatic carbocycles. The SMILES string of the molecule is C=CC1(CCC)OC(=O)c2ccccc2O1. The topological polar surface area (TPSA) is 35.5 Å². The molecule has 0 N–H and O–H groups in total. The molecule has 1 aromatic carbocycles. The highest BCUT2D eigenvalue weighted by Gasteiger charge is 2.38. The van der Waals surface area contributed by atoms with Crippen LogP contribution in [0.25, 0.3) is 0 Å². The van der Waals surface area contributed by atoms with Crippen molar-refractivity contribution in [1.82, 2.24) is 0 Å². The van der Waals surface area contributed by atoms with E-state index in [0.717, 1.165) is 6.42 Å². The fraction of sp³-hybridized carbons (Fsp3) is 0.308. The highest BCUT2D eigenvalue weighted by atomic mass is 16.7. The molecule has 3 nitrogen and oxygen atoms in total. The largest absolute Gasteiger partial charge is 0.448 e. The second kappa shape index (κ2) is 4.00. The van der Waals surface area contributed by atoms with Crippen LogP contribution in [0.3, 0.4) is 0 Å². The molecule has 0 amide bonds. The van der Waals surface area contributed by atoms with Gasteiger partial charge in [0.2, 0.25) is 0 Å². The van der Waals surface area contributed by atoms with Crippen molar-refractivity contribution in [2.75, 3.05) is 0 Å². The molecule has 2 rings (SSSR count). The zero-order valence-corrected chi connectivity index (χ0v) is 9.23. The maximum absolute atomic E-state index is 11.8. The predicted octanol–water partition coefficient (Wildman–Crippen LogP) is 2.92. The average molecular weight is 218 g/mol. The normalized spacial score (nSPS) is 22.9. The molecule has 0 bridgehead atoms. The zero-order chi connectivity index (χ0) is 11.6. The second-order valence-electron chi connectivity index (χ2n) is 3.75. The van der Waals surface area contributed by atoms with Crippen LogP contribution in [0.5, 0.6) is 5.75 Å². The van der Waals surface area contributed by atoms with Crippen molar-refractivity contribution < 1.29 is 14.3 Å². The van der Waals surface area contributed by atoms with Crippen LogP contribution in [0.2, 0.25) is 0 Å². The first-order valence-electron chi connectivity index (χ1n) is 5.36. The summed E-state index contributed by atoms with van der Waals surface area (Å²) in [5.74, 6) is -0.789. The molecule has 1 atom stereocenters. The summed E-state index contributed by atoms with van der Waals surface area (Å²) in [4.78, 5) is 11.8. The molecule has 1 aliphatic heterocycles. The minimum Gasteiger partial charge on any atom is -0.448 e. The molecule has 1 aromatic rings. The number of carbonyl (C=O) groups is 1. The first kappa shape index (κ1) is 10.7. The number of ether oxygens (including phenoxy) is 2. The summed E-state index contributed by atoms with van der Waals surface area (Å²) in [5.41, 5.74) is 0.469. The lowest BCUT2D eigenvalue weighted by molar-refractivity contribution is -0.123. The molecule has 0 aromatic heterocycles. The van der Waals surface area contributed by atoms with Gasteiger partial charge in [-0.1, -0.05) is 25.6 Å². The van der Waals surface area contributed by atoms with Crippen LogP contribution in [-0.2, 0) is 4.74 Å². The zero-order valence-electron chi connectivity index (χ0n) is 9.23. The van der Waals surface area contributed by atoms with Gasteiger partial charge in [-0.2, -0.15) is 0 Å². The molecule has 3 heteroatoms. The molecule has 84 valence electrons. The van der Waals surface area contributed by atoms with E-state index in [0.29, 0.717) is 17.7 Å². The van der Waals surface area contributed by atoms with E-state index in [4.69, 9.17) is 9.47 Å². The van der Waals surface area contributed by atoms with Crippen LogP contribution < -0.4 is 4.74 Å². The van der Waals surface area contributed by atoms with Crippen LogP contribution in [-0.4, -0.2) is 11.8 Å². The molecule has 0 saturated carbocycles. The summed E-state index contributed by atoms with van der Waals surface area (Å²) in [6.07, 6.45) is 3.00. The molecule has 0 spiro atoms. The Labute approximate surface area is 94.7 Å². The lowest BCUT2D eigenvalue weighted by Crippen LogP contribution is -2.42. The molecular weight excluding hydrogens is 204 g/mol. The molecule has 0 radical (unpaired) electrons. The van der Waals surface area contributed by atoms with Gasteiger partial charge in [-0.25, -0.2) is 4.79 Å². The smallest absolute Gasteiger partial charge is 0.345 e. The maximum atomic E-state index is 11.8. The number of esters is 1. The van der Waals surface area contributed by atoms with Crippen LogP contribution in [0.15, 0.2) is 36.9 Å². The number of para-hydroxylation sites is 1. The molecular formula is C13H14O3. The Kier molecular flexibility index (Phi) is 2.69. The van der Waals surface area contributed by atoms with Crippen molar-refractivity contribution >= 4 is 5.97 Å². The minimum absolute atomic E-state index is 0.352. The van der Waals surface area contributed by atoms with Crippen molar-refractivity contribution in [3.8, 4) is 5.75 Å². The third-order valence-electron chi connectivity index (χ3n) is 2.56. The Hall–Kier alpha value is -1.77. The number of cyclic esters (lactones) is 1. The average Bonchev–Trinajstić information content (AvgIpc) is 2.29. The Morgan fingerprint density at radius 2 is 2.12 bits per heavy atom. The van der Waals surface area contributed by atoms with Crippen molar-refractivity contribution in [1.29, 1.82) is 0 Å². The van der Waals surface area contributed by atoms with Crippen LogP contribution in [0.4, 0.5) is 0 Å². The van der Waals surface area contributed by atoms with Gasteiger partial charge in [0.1, 0.15) is 11.3 Å². The number of rotatable bonds is 3. The fourth-order valence-corrected chi connectivity index (χ4v) is 1.78. The summed E-state index contributed by atoms with van der Waals surface area (Å²) < 4.78 is 11.0. The quantitative estimate of drug-likeness (QED) is 0.578. The van der Waals surface area contributed by atoms with E-state index in [1.807, 2.05) is 13.0 Å². The van der Waals surface area contributed by atoms with E-state index in [2.05, 4.69) is 6.58 Å². The van der Waals surface area contributed by atoms with Gasteiger partial charge in [-0.15, -0.1) is 0 Å². The van der Waals surface area contributed by atoms with Gasteiger partial charge in [0.05, 0.1) is 0 Å². The van der Waals surface area contributed by atoms with Crippen molar-refractivity contribution in [3.05, 3.63) is 42.5 Å². The molecule has 0 fully saturated rings. The van der Waals surface area contributed by atoms with E-state index >= 15 is 0 Å². The third-order valence-corrected chi connectivity index (χ3v) is 2.56. The van der Waals surface area contributed by atoms with E-state index in [1.54, 1.807) is 24.3 Å². The number of fused-ring (bicyclic) bond motifs is 1. The Morgan fingerprint density at radius 3 is 2.81 bits per heavy atom. The lowest BCUT2D eigenvalue weighted by atomic mass is 10.1. The van der Waals surface area contributed by atoms with E-state index in [9.17, 15) is 4.79 Å². The summed E-state index contributed by atoms with van der Waals surface area (Å²) in [6.45, 7) is 5.68. The minimum atomic E-state index is -1.000. The third kappa shape index (κ3) is 1.69. The number of hydrogen-bond acceptors (Lipinski definition) is 3. The summed E-state index contributed by atoms with van der Waals surface area (Å²) in [6, 6.07) is 7.07. The van der Waals surface area contributed by atoms with Crippen molar-refractivity contribution in [2.45, 2.75) is 25.6 Å². The monoisotopic (exact) mass is 218 g/mol. The van der Waals surface area contributed by atoms with Gasteiger partial charge in [0.15, 0.2) is 0 Å². The van der Waals surface area contributed by atoms with Crippen molar-refractivity contribution in [3.63, 3.8) is 0 Å². The maximum Gasteiger partial charge on any atom is 0.345 e. The van der Waals surface area contributed by atoms with Gasteiger partial charge in [-0.05, 0) is 24.6 Å². The molecule has 1 aliphatic rings. The first-order valence-corrected chi connectivity index (χ1v) is 5.36. The molecule has 0 saturated heterocycles. The van der Waals surface area contributed by atoms with E-state index in [1.165, 1.54) is 0 Å². The number of carbonyl (C=O) groups excluding carboxylic acids is 1. The highest BCUT2D eigenvalue weighted by molar-refractivity contribution is 5.93. The van der Waals surface area contributed by atoms with E-state index < -0.39 is 5.79 Å². The summed E-state index contributed by atoms with van der Waals surface area (Å²) >= 11 is 0. The highest BCUT2D eigenvalue weighted by Crippen LogP contribution is 2.34. The van der Waals surface area contributed by atoms with Gasteiger partial charge in [0.25, 0.3) is 5.79 Å². The Morgan fingerprint density at radius 1 is 1.38 bits per heavy atom. The standard InChI is InChI=1S/C13H14O3/c1-3-9-13(4-2)15-11-8-6-5-7-10(11)12(14)16-13/h4-8H,2-3,9H2,1H3. The molecule has 1 unspecified atom stereocenters. The van der Waals surface area contributed by atoms with Crippen LogP contribution in [0.1, 0.15) is 30.1 Å². The summed E-state index contributed by atoms with van der Waals surface area (Å²) in [5, 5.41) is 0. The molecule has 16 heavy (non-hydrogen) atoms. The van der Waals surface area contributed by atoms with Gasteiger partial charge in [0, 0.05) is 6.42 Å². The van der Waals surface area contributed by atoms with Gasteiger partial charge < -0.3 is 9.47 Å². The van der Waals surface area contributed by atoms with Gasteiger partial charge >= 0.3 is 5.97 Å². The van der Waals surface area contributed by atoms with Crippen molar-refractivity contribution in [2.24, 2.45) is 0 Å². The number of benzene rings is 1. The van der Waals surface area contributed by atoms with Crippen LogP contribution in [0, 0.1) is 0 Å². The first-order chi connectivity index (χ1) is 7.71. The van der Waals surface area contributed by atoms with Gasteiger partial charge in [-0.3, -0.25) is 0 Å². The van der Waals surface area contributed by atoms with E-state index in [-0.39, 0.29) is 5.97 Å². The Bertz CT molecular complexity index is 425. The summed E-state index contributed by atoms with van der Waals surface area (Å²) in [7, 11) is 0.